The van der Waals surface area contributed by atoms with Gasteiger partial charge in [0.1, 0.15) is 5.82 Å². The lowest BCUT2D eigenvalue weighted by atomic mass is 9.78. The number of aliphatic hydroxyl groups excluding tert-OH is 1. The van der Waals surface area contributed by atoms with Crippen LogP contribution < -0.4 is 20.1 Å². The first-order valence-electron chi connectivity index (χ1n) is 10.8. The molecule has 1 aliphatic carbocycles. The van der Waals surface area contributed by atoms with Gasteiger partial charge in [-0.15, -0.1) is 8.78 Å². The van der Waals surface area contributed by atoms with E-state index in [0.717, 1.165) is 0 Å². The molecule has 178 valence electrons. The molecule has 2 aromatic carbocycles. The van der Waals surface area contributed by atoms with Crippen LogP contribution in [0.25, 0.3) is 0 Å². The molecule has 0 saturated heterocycles. The Morgan fingerprint density at radius 1 is 1.26 bits per heavy atom. The van der Waals surface area contributed by atoms with E-state index in [-0.39, 0.29) is 23.8 Å². The quantitative estimate of drug-likeness (QED) is 0.600. The summed E-state index contributed by atoms with van der Waals surface area (Å²) >= 11 is 0. The number of nitrogens with zero attached hydrogens (tertiary/aromatic N) is 1. The Kier molecular flexibility index (Phi) is 4.78. The summed E-state index contributed by atoms with van der Waals surface area (Å²) in [6, 6.07) is 8.63. The highest BCUT2D eigenvalue weighted by Gasteiger charge is 2.53. The molecular weight excluding hydrogens is 451 g/mol. The number of hydrogen-bond acceptors (Lipinski definition) is 6. The second-order valence-corrected chi connectivity index (χ2v) is 9.66. The van der Waals surface area contributed by atoms with Crippen molar-refractivity contribution in [3.8, 4) is 17.6 Å². The highest BCUT2D eigenvalue weighted by Crippen LogP contribution is 2.52. The molecule has 2 unspecified atom stereocenters. The van der Waals surface area contributed by atoms with E-state index >= 15 is 0 Å². The van der Waals surface area contributed by atoms with E-state index < -0.39 is 40.8 Å². The maximum Gasteiger partial charge on any atom is 0.586 e. The van der Waals surface area contributed by atoms with E-state index in [2.05, 4.69) is 26.2 Å². The molecule has 2 aromatic rings. The van der Waals surface area contributed by atoms with Crippen molar-refractivity contribution < 1.29 is 32.5 Å². The smallest absolute Gasteiger partial charge is 0.396 e. The van der Waals surface area contributed by atoms with Crippen LogP contribution in [0.15, 0.2) is 30.3 Å². The zero-order valence-corrected chi connectivity index (χ0v) is 18.4. The van der Waals surface area contributed by atoms with Gasteiger partial charge >= 0.3 is 6.29 Å². The number of alkyl halides is 2. The number of rotatable bonds is 5. The molecular formula is C24H22F3N3O4. The number of nitriles is 1. The number of carbonyl (C=O) groups excluding carboxylic acids is 1. The number of carbonyl (C=O) groups is 1. The summed E-state index contributed by atoms with van der Waals surface area (Å²) in [5.41, 5.74) is -0.296. The SMILES string of the molecule is CC(C)(CO)C1Nc2cc(F)c(NC(=O)C3(c4ccc5c(c4)OC(F)(F)O5)CC3)cc2C1C#N. The van der Waals surface area contributed by atoms with Crippen molar-refractivity contribution in [2.45, 2.75) is 50.4 Å². The van der Waals surface area contributed by atoms with Crippen LogP contribution in [-0.4, -0.2) is 30.0 Å². The molecule has 34 heavy (non-hydrogen) atoms. The van der Waals surface area contributed by atoms with Gasteiger partial charge in [-0.25, -0.2) is 4.39 Å². The van der Waals surface area contributed by atoms with E-state index in [9.17, 15) is 28.3 Å². The minimum Gasteiger partial charge on any atom is -0.396 e. The first kappa shape index (κ1) is 22.3. The Bertz CT molecular complexity index is 1240. The third kappa shape index (κ3) is 3.42. The fourth-order valence-corrected chi connectivity index (χ4v) is 4.65. The largest absolute Gasteiger partial charge is 0.586 e. The summed E-state index contributed by atoms with van der Waals surface area (Å²) in [5, 5.41) is 25.2. The van der Waals surface area contributed by atoms with Crippen molar-refractivity contribution in [3.63, 3.8) is 0 Å². The van der Waals surface area contributed by atoms with Crippen LogP contribution in [0.5, 0.6) is 11.5 Å². The van der Waals surface area contributed by atoms with Gasteiger partial charge in [0.15, 0.2) is 11.5 Å². The predicted molar refractivity (Wildman–Crippen MR) is 115 cm³/mol. The molecule has 5 rings (SSSR count). The van der Waals surface area contributed by atoms with E-state index in [1.54, 1.807) is 13.8 Å². The first-order chi connectivity index (χ1) is 16.0. The fourth-order valence-electron chi connectivity index (χ4n) is 4.65. The fraction of sp³-hybridized carbons (Fsp3) is 0.417. The number of fused-ring (bicyclic) bond motifs is 2. The summed E-state index contributed by atoms with van der Waals surface area (Å²) in [4.78, 5) is 13.2. The number of aliphatic hydroxyl groups is 1. The standard InChI is InChI=1S/C24H22F3N3O4/c1-22(2,11-31)20-14(10-28)13-8-17(15(25)9-16(13)29-20)30-21(32)23(5-6-23)12-3-4-18-19(7-12)34-24(26,27)33-18/h3-4,7-9,14,20,29,31H,5-6,11H2,1-2H3,(H,30,32). The molecule has 7 nitrogen and oxygen atoms in total. The maximum absolute atomic E-state index is 14.9. The average Bonchev–Trinajstić information content (AvgIpc) is 3.42. The van der Waals surface area contributed by atoms with Crippen molar-refractivity contribution in [3.05, 3.63) is 47.3 Å². The molecule has 0 bridgehead atoms. The maximum atomic E-state index is 14.9. The number of anilines is 2. The van der Waals surface area contributed by atoms with Gasteiger partial charge in [0, 0.05) is 11.1 Å². The Labute approximate surface area is 193 Å². The molecule has 3 N–H and O–H groups in total. The summed E-state index contributed by atoms with van der Waals surface area (Å²) in [5.74, 6) is -2.10. The van der Waals surface area contributed by atoms with Gasteiger partial charge in [-0.2, -0.15) is 5.26 Å². The number of halogens is 3. The van der Waals surface area contributed by atoms with Crippen LogP contribution in [0.1, 0.15) is 43.7 Å². The van der Waals surface area contributed by atoms with Gasteiger partial charge in [0.25, 0.3) is 0 Å². The Hall–Kier alpha value is -3.45. The highest BCUT2D eigenvalue weighted by atomic mass is 19.3. The van der Waals surface area contributed by atoms with E-state index in [4.69, 9.17) is 0 Å². The van der Waals surface area contributed by atoms with Crippen LogP contribution in [0, 0.1) is 22.6 Å². The van der Waals surface area contributed by atoms with Crippen molar-refractivity contribution in [2.75, 3.05) is 17.2 Å². The van der Waals surface area contributed by atoms with Crippen LogP contribution >= 0.6 is 0 Å². The minimum absolute atomic E-state index is 0.0770. The molecule has 2 heterocycles. The van der Waals surface area contributed by atoms with Gasteiger partial charge < -0.3 is 25.2 Å². The van der Waals surface area contributed by atoms with Gasteiger partial charge in [-0.1, -0.05) is 19.9 Å². The topological polar surface area (TPSA) is 104 Å². The van der Waals surface area contributed by atoms with Crippen LogP contribution in [0.3, 0.4) is 0 Å². The van der Waals surface area contributed by atoms with Crippen molar-refractivity contribution in [1.82, 2.24) is 0 Å². The molecule has 0 aromatic heterocycles. The molecule has 1 fully saturated rings. The molecule has 1 saturated carbocycles. The zero-order chi connectivity index (χ0) is 24.5. The monoisotopic (exact) mass is 473 g/mol. The number of nitrogens with one attached hydrogen (secondary N) is 2. The zero-order valence-electron chi connectivity index (χ0n) is 18.4. The average molecular weight is 473 g/mol. The molecule has 3 aliphatic rings. The van der Waals surface area contributed by atoms with Crippen LogP contribution in [-0.2, 0) is 10.2 Å². The molecule has 10 heteroatoms. The van der Waals surface area contributed by atoms with E-state index in [1.807, 2.05) is 0 Å². The minimum atomic E-state index is -3.76. The summed E-state index contributed by atoms with van der Waals surface area (Å²) in [6.45, 7) is 3.43. The molecule has 2 atom stereocenters. The summed E-state index contributed by atoms with van der Waals surface area (Å²) in [7, 11) is 0. The summed E-state index contributed by atoms with van der Waals surface area (Å²) in [6.07, 6.45) is -2.85. The van der Waals surface area contributed by atoms with Crippen molar-refractivity contribution >= 4 is 17.3 Å². The van der Waals surface area contributed by atoms with Gasteiger partial charge in [0.05, 0.1) is 35.7 Å². The summed E-state index contributed by atoms with van der Waals surface area (Å²) < 4.78 is 50.5. The Morgan fingerprint density at radius 3 is 2.62 bits per heavy atom. The second kappa shape index (κ2) is 7.27. The lowest BCUT2D eigenvalue weighted by molar-refractivity contribution is -0.286. The lowest BCUT2D eigenvalue weighted by Crippen LogP contribution is -2.39. The molecule has 0 radical (unpaired) electrons. The van der Waals surface area contributed by atoms with Crippen LogP contribution in [0.2, 0.25) is 0 Å². The number of benzene rings is 2. The third-order valence-electron chi connectivity index (χ3n) is 6.89. The Balaban J connectivity index is 1.41. The first-order valence-corrected chi connectivity index (χ1v) is 10.8. The number of hydrogen-bond donors (Lipinski definition) is 3. The third-order valence-corrected chi connectivity index (χ3v) is 6.89. The van der Waals surface area contributed by atoms with Gasteiger partial charge in [-0.05, 0) is 48.2 Å². The van der Waals surface area contributed by atoms with E-state index in [0.29, 0.717) is 29.7 Å². The molecule has 2 aliphatic heterocycles. The predicted octanol–water partition coefficient (Wildman–Crippen LogP) is 4.24. The van der Waals surface area contributed by atoms with Gasteiger partial charge in [0.2, 0.25) is 5.91 Å². The van der Waals surface area contributed by atoms with E-state index in [1.165, 1.54) is 30.3 Å². The molecule has 1 amide bonds. The van der Waals surface area contributed by atoms with Gasteiger partial charge in [-0.3, -0.25) is 4.79 Å². The molecule has 0 spiro atoms. The second-order valence-electron chi connectivity index (χ2n) is 9.66. The Morgan fingerprint density at radius 2 is 1.97 bits per heavy atom. The lowest BCUT2D eigenvalue weighted by Gasteiger charge is -2.31. The van der Waals surface area contributed by atoms with Crippen molar-refractivity contribution in [2.24, 2.45) is 5.41 Å². The highest BCUT2D eigenvalue weighted by molar-refractivity contribution is 6.02. The normalized spacial score (nSPS) is 23.0. The number of ether oxygens (including phenoxy) is 2. The van der Waals surface area contributed by atoms with Crippen LogP contribution in [0.4, 0.5) is 24.5 Å². The number of amides is 1. The van der Waals surface area contributed by atoms with Crippen molar-refractivity contribution in [1.29, 1.82) is 5.26 Å².